The van der Waals surface area contributed by atoms with Crippen molar-refractivity contribution in [2.24, 2.45) is 12.0 Å². The second-order valence-electron chi connectivity index (χ2n) is 5.47. The van der Waals surface area contributed by atoms with Crippen molar-refractivity contribution in [3.8, 4) is 0 Å². The van der Waals surface area contributed by atoms with Gasteiger partial charge in [0.1, 0.15) is 0 Å². The van der Waals surface area contributed by atoms with Gasteiger partial charge in [-0.15, -0.1) is 24.0 Å². The van der Waals surface area contributed by atoms with E-state index >= 15 is 0 Å². The lowest BCUT2D eigenvalue weighted by Gasteiger charge is -2.12. The highest BCUT2D eigenvalue weighted by Gasteiger charge is 2.00. The molecule has 23 heavy (non-hydrogen) atoms. The number of hydrogen-bond donors (Lipinski definition) is 2. The Labute approximate surface area is 155 Å². The molecule has 0 fully saturated rings. The lowest BCUT2D eigenvalue weighted by atomic mass is 10.1. The van der Waals surface area contributed by atoms with Crippen LogP contribution in [0.5, 0.6) is 0 Å². The van der Waals surface area contributed by atoms with E-state index in [4.69, 9.17) is 0 Å². The number of halogens is 1. The molecule has 126 valence electrons. The summed E-state index contributed by atoms with van der Waals surface area (Å²) in [5.41, 5.74) is 3.81. The molecule has 0 radical (unpaired) electrons. The smallest absolute Gasteiger partial charge is 0.191 e. The van der Waals surface area contributed by atoms with E-state index in [1.165, 1.54) is 16.7 Å². The molecule has 0 aliphatic carbocycles. The second kappa shape index (κ2) is 10.3. The monoisotopic (exact) mass is 427 g/mol. The van der Waals surface area contributed by atoms with Crippen molar-refractivity contribution in [1.82, 2.24) is 20.4 Å². The molecule has 5 nitrogen and oxygen atoms in total. The first-order chi connectivity index (χ1) is 10.7. The normalized spacial score (nSPS) is 11.0. The number of aryl methyl sites for hydroxylation is 3. The summed E-state index contributed by atoms with van der Waals surface area (Å²) in [4.78, 5) is 4.25. The first-order valence-electron chi connectivity index (χ1n) is 7.65. The molecule has 6 heteroatoms. The third-order valence-corrected chi connectivity index (χ3v) is 3.46. The van der Waals surface area contributed by atoms with Crippen molar-refractivity contribution in [3.63, 3.8) is 0 Å². The molecule has 0 unspecified atom stereocenters. The van der Waals surface area contributed by atoms with Crippen LogP contribution in [0.15, 0.2) is 41.7 Å². The average molecular weight is 427 g/mol. The molecule has 2 aromatic rings. The van der Waals surface area contributed by atoms with Gasteiger partial charge in [0.2, 0.25) is 0 Å². The molecule has 0 atom stereocenters. The maximum Gasteiger partial charge on any atom is 0.191 e. The first kappa shape index (κ1) is 19.5. The van der Waals surface area contributed by atoms with Gasteiger partial charge in [-0.05, 0) is 30.9 Å². The molecule has 0 saturated carbocycles. The van der Waals surface area contributed by atoms with Crippen molar-refractivity contribution >= 4 is 29.9 Å². The fourth-order valence-electron chi connectivity index (χ4n) is 2.33. The van der Waals surface area contributed by atoms with Crippen molar-refractivity contribution in [2.45, 2.75) is 26.3 Å². The Morgan fingerprint density at radius 3 is 2.74 bits per heavy atom. The number of nitrogens with zero attached hydrogens (tertiary/aromatic N) is 3. The Balaban J connectivity index is 0.00000264. The van der Waals surface area contributed by atoms with Gasteiger partial charge in [-0.1, -0.05) is 29.8 Å². The minimum atomic E-state index is 0. The van der Waals surface area contributed by atoms with Crippen LogP contribution in [0.2, 0.25) is 0 Å². The van der Waals surface area contributed by atoms with Gasteiger partial charge in [-0.2, -0.15) is 5.10 Å². The van der Waals surface area contributed by atoms with Crippen LogP contribution < -0.4 is 10.6 Å². The highest BCUT2D eigenvalue weighted by atomic mass is 127. The second-order valence-corrected chi connectivity index (χ2v) is 5.47. The van der Waals surface area contributed by atoms with Crippen LogP contribution in [0.4, 0.5) is 0 Å². The van der Waals surface area contributed by atoms with E-state index in [1.54, 1.807) is 7.05 Å². The molecule has 0 amide bonds. The Hall–Kier alpha value is -1.57. The lowest BCUT2D eigenvalue weighted by Crippen LogP contribution is -2.37. The number of hydrogen-bond acceptors (Lipinski definition) is 2. The van der Waals surface area contributed by atoms with Crippen molar-refractivity contribution in [2.75, 3.05) is 13.6 Å². The number of rotatable bonds is 6. The number of aliphatic imine (C=N–C) groups is 1. The zero-order chi connectivity index (χ0) is 15.8. The largest absolute Gasteiger partial charge is 0.356 e. The summed E-state index contributed by atoms with van der Waals surface area (Å²) in [6.45, 7) is 3.78. The zero-order valence-corrected chi connectivity index (χ0v) is 16.4. The maximum atomic E-state index is 4.25. The minimum absolute atomic E-state index is 0. The fourth-order valence-corrected chi connectivity index (χ4v) is 2.33. The van der Waals surface area contributed by atoms with Crippen LogP contribution in [-0.4, -0.2) is 29.3 Å². The van der Waals surface area contributed by atoms with E-state index in [0.717, 1.165) is 31.9 Å². The van der Waals surface area contributed by atoms with Gasteiger partial charge in [0.25, 0.3) is 0 Å². The van der Waals surface area contributed by atoms with Crippen LogP contribution in [-0.2, 0) is 20.0 Å². The predicted octanol–water partition coefficient (Wildman–Crippen LogP) is 2.64. The average Bonchev–Trinajstić information content (AvgIpc) is 2.92. The van der Waals surface area contributed by atoms with Crippen molar-refractivity contribution < 1.29 is 0 Å². The third-order valence-electron chi connectivity index (χ3n) is 3.46. The first-order valence-corrected chi connectivity index (χ1v) is 7.65. The molecule has 0 aliphatic heterocycles. The van der Waals surface area contributed by atoms with Crippen LogP contribution in [0.25, 0.3) is 0 Å². The maximum absolute atomic E-state index is 4.25. The zero-order valence-electron chi connectivity index (χ0n) is 14.0. The standard InChI is InChI=1S/C17H25N5.HI/c1-14-6-4-7-15(10-14)11-20-17(18-2)19-9-5-8-16-12-21-22(3)13-16;/h4,6-7,10,12-13H,5,8-9,11H2,1-3H3,(H2,18,19,20);1H. The summed E-state index contributed by atoms with van der Waals surface area (Å²) in [6.07, 6.45) is 6.06. The number of benzene rings is 1. The van der Waals surface area contributed by atoms with Crippen LogP contribution in [0.3, 0.4) is 0 Å². The summed E-state index contributed by atoms with van der Waals surface area (Å²) in [5.74, 6) is 0.840. The van der Waals surface area contributed by atoms with Gasteiger partial charge < -0.3 is 10.6 Å². The molecule has 1 aromatic carbocycles. The van der Waals surface area contributed by atoms with Crippen LogP contribution in [0.1, 0.15) is 23.1 Å². The van der Waals surface area contributed by atoms with Gasteiger partial charge in [0.15, 0.2) is 5.96 Å². The molecule has 2 N–H and O–H groups in total. The molecule has 1 aromatic heterocycles. The van der Waals surface area contributed by atoms with E-state index in [-0.39, 0.29) is 24.0 Å². The summed E-state index contributed by atoms with van der Waals surface area (Å²) in [7, 11) is 3.74. The van der Waals surface area contributed by atoms with Crippen LogP contribution >= 0.6 is 24.0 Å². The van der Waals surface area contributed by atoms with E-state index in [1.807, 2.05) is 17.9 Å². The molecule has 0 spiro atoms. The predicted molar refractivity (Wildman–Crippen MR) is 106 cm³/mol. The molecule has 2 rings (SSSR count). The highest BCUT2D eigenvalue weighted by molar-refractivity contribution is 14.0. The number of aromatic nitrogens is 2. The SMILES string of the molecule is CN=C(NCCCc1cnn(C)c1)NCc1cccc(C)c1.I. The van der Waals surface area contributed by atoms with Crippen molar-refractivity contribution in [3.05, 3.63) is 53.3 Å². The van der Waals surface area contributed by atoms with Gasteiger partial charge in [-0.3, -0.25) is 9.67 Å². The molecule has 0 saturated heterocycles. The van der Waals surface area contributed by atoms with Gasteiger partial charge >= 0.3 is 0 Å². The summed E-state index contributed by atoms with van der Waals surface area (Å²) in [6, 6.07) is 8.49. The third kappa shape index (κ3) is 7.02. The Bertz CT molecular complexity index is 621. The lowest BCUT2D eigenvalue weighted by molar-refractivity contribution is 0.739. The summed E-state index contributed by atoms with van der Waals surface area (Å²) in [5, 5.41) is 10.9. The fraction of sp³-hybridized carbons (Fsp3) is 0.412. The van der Waals surface area contributed by atoms with Gasteiger partial charge in [-0.25, -0.2) is 0 Å². The van der Waals surface area contributed by atoms with Gasteiger partial charge in [0, 0.05) is 33.4 Å². The molecule has 1 heterocycles. The van der Waals surface area contributed by atoms with Crippen molar-refractivity contribution in [1.29, 1.82) is 0 Å². The van der Waals surface area contributed by atoms with E-state index in [0.29, 0.717) is 0 Å². The summed E-state index contributed by atoms with van der Waals surface area (Å²) < 4.78 is 1.84. The molecular formula is C17H26IN5. The minimum Gasteiger partial charge on any atom is -0.356 e. The highest BCUT2D eigenvalue weighted by Crippen LogP contribution is 2.03. The Kier molecular flexibility index (Phi) is 8.68. The molecule has 0 aliphatic rings. The molecule has 0 bridgehead atoms. The van der Waals surface area contributed by atoms with Crippen LogP contribution in [0, 0.1) is 6.92 Å². The quantitative estimate of drug-likeness (QED) is 0.323. The topological polar surface area (TPSA) is 54.2 Å². The van der Waals surface area contributed by atoms with Gasteiger partial charge in [0.05, 0.1) is 6.20 Å². The number of guanidine groups is 1. The van der Waals surface area contributed by atoms with E-state index < -0.39 is 0 Å². The van der Waals surface area contributed by atoms with E-state index in [9.17, 15) is 0 Å². The van der Waals surface area contributed by atoms with E-state index in [2.05, 4.69) is 58.1 Å². The number of nitrogens with one attached hydrogen (secondary N) is 2. The Morgan fingerprint density at radius 1 is 1.26 bits per heavy atom. The molecular weight excluding hydrogens is 401 g/mol. The Morgan fingerprint density at radius 2 is 2.09 bits per heavy atom. The summed E-state index contributed by atoms with van der Waals surface area (Å²) >= 11 is 0.